The van der Waals surface area contributed by atoms with E-state index in [-0.39, 0.29) is 0 Å². The molecule has 0 radical (unpaired) electrons. The predicted octanol–water partition coefficient (Wildman–Crippen LogP) is 12.5. The van der Waals surface area contributed by atoms with Crippen molar-refractivity contribution in [2.24, 2.45) is 0 Å². The molecule has 0 saturated carbocycles. The van der Waals surface area contributed by atoms with Crippen molar-refractivity contribution in [1.82, 2.24) is 0 Å². The zero-order chi connectivity index (χ0) is 30.3. The molecule has 0 amide bonds. The fraction of sp³-hybridized carbons (Fsp3) is 1.00. The Kier molecular flexibility index (Phi) is 29.9. The zero-order valence-corrected chi connectivity index (χ0v) is 29.8. The number of rotatable bonds is 34. The van der Waals surface area contributed by atoms with Crippen LogP contribution in [-0.2, 0) is 10.0 Å². The molecular weight excluding hydrogens is 522 g/mol. The lowest BCUT2D eigenvalue weighted by atomic mass is 10.1. The lowest BCUT2D eigenvalue weighted by molar-refractivity contribution is -0.807. The topological polar surface area (TPSA) is 34.1 Å². The van der Waals surface area contributed by atoms with Crippen LogP contribution in [0.5, 0.6) is 0 Å². The highest BCUT2D eigenvalue weighted by molar-refractivity contribution is 7.85. The molecular formula is C37H78NO2S+. The molecule has 0 atom stereocenters. The molecule has 0 aromatic rings. The van der Waals surface area contributed by atoms with Gasteiger partial charge >= 0.3 is 0 Å². The monoisotopic (exact) mass is 601 g/mol. The van der Waals surface area contributed by atoms with E-state index in [1.54, 1.807) is 0 Å². The first-order valence-corrected chi connectivity index (χ1v) is 20.8. The van der Waals surface area contributed by atoms with Crippen LogP contribution in [0.4, 0.5) is 0 Å². The van der Waals surface area contributed by atoms with Crippen molar-refractivity contribution in [2.75, 3.05) is 25.9 Å². The van der Waals surface area contributed by atoms with Gasteiger partial charge < -0.3 is 0 Å². The van der Waals surface area contributed by atoms with Gasteiger partial charge in [-0.25, -0.2) is 3.89 Å². The Morgan fingerprint density at radius 1 is 0.317 bits per heavy atom. The predicted molar refractivity (Wildman–Crippen MR) is 185 cm³/mol. The van der Waals surface area contributed by atoms with Crippen molar-refractivity contribution < 1.29 is 12.3 Å². The Hall–Kier alpha value is -0.0900. The highest BCUT2D eigenvalue weighted by atomic mass is 32.2. The van der Waals surface area contributed by atoms with Crippen molar-refractivity contribution in [2.45, 2.75) is 213 Å². The summed E-state index contributed by atoms with van der Waals surface area (Å²) in [6.45, 7) is 9.35. The molecule has 0 unspecified atom stereocenters. The minimum Gasteiger partial charge on any atom is -0.219 e. The van der Waals surface area contributed by atoms with E-state index in [0.29, 0.717) is 3.89 Å². The third kappa shape index (κ3) is 25.0. The lowest BCUT2D eigenvalue weighted by Crippen LogP contribution is -2.54. The molecule has 0 rings (SSSR count). The summed E-state index contributed by atoms with van der Waals surface area (Å²) >= 11 is 0. The van der Waals surface area contributed by atoms with E-state index in [4.69, 9.17) is 0 Å². The summed E-state index contributed by atoms with van der Waals surface area (Å²) < 4.78 is 27.0. The first kappa shape index (κ1) is 40.9. The van der Waals surface area contributed by atoms with Gasteiger partial charge in [-0.2, -0.15) is 8.42 Å². The largest absolute Gasteiger partial charge is 0.294 e. The fourth-order valence-corrected chi connectivity index (χ4v) is 7.88. The van der Waals surface area contributed by atoms with Crippen molar-refractivity contribution in [3.8, 4) is 0 Å². The molecule has 3 nitrogen and oxygen atoms in total. The number of quaternary nitrogens is 1. The highest BCUT2D eigenvalue weighted by Crippen LogP contribution is 2.23. The minimum absolute atomic E-state index is 0.359. The summed E-state index contributed by atoms with van der Waals surface area (Å²) in [6.07, 6.45) is 40.7. The second-order valence-electron chi connectivity index (χ2n) is 13.5. The maximum absolute atomic E-state index is 13.3. The van der Waals surface area contributed by atoms with Crippen LogP contribution in [0.2, 0.25) is 0 Å². The second kappa shape index (κ2) is 30.0. The van der Waals surface area contributed by atoms with Crippen LogP contribution in [0.25, 0.3) is 0 Å². The van der Waals surface area contributed by atoms with Crippen LogP contribution in [0.3, 0.4) is 0 Å². The van der Waals surface area contributed by atoms with Gasteiger partial charge in [-0.3, -0.25) is 0 Å². The van der Waals surface area contributed by atoms with Crippen LogP contribution in [0.1, 0.15) is 213 Å². The molecule has 0 bridgehead atoms. The Morgan fingerprint density at radius 3 is 0.659 bits per heavy atom. The van der Waals surface area contributed by atoms with Gasteiger partial charge in [-0.05, 0) is 38.5 Å². The highest BCUT2D eigenvalue weighted by Gasteiger charge is 2.36. The molecule has 0 heterocycles. The molecule has 0 fully saturated rings. The standard InChI is InChI=1S/C37H78NO2S/c1-5-8-11-14-17-20-23-26-29-32-35-38(41(4,39)40,36-33-30-27-24-21-18-15-12-9-6-2)37-34-31-28-25-22-19-16-13-10-7-3/h5-37H2,1-4H3/q+1. The molecule has 0 aliphatic carbocycles. The zero-order valence-electron chi connectivity index (χ0n) is 29.0. The number of unbranched alkanes of at least 4 members (excludes halogenated alkanes) is 27. The quantitative estimate of drug-likeness (QED) is 0.0544. The first-order valence-electron chi connectivity index (χ1n) is 19.0. The molecule has 41 heavy (non-hydrogen) atoms. The average Bonchev–Trinajstić information content (AvgIpc) is 2.95. The SMILES string of the molecule is CCCCCCCCCCCC[N+](CCCCCCCCCCCC)(CCCCCCCCCCCC)S(C)(=O)=O. The van der Waals surface area contributed by atoms with Crippen LogP contribution in [0, 0.1) is 0 Å². The molecule has 0 aromatic heterocycles. The Labute approximate surface area is 261 Å². The number of sulfonamides is 1. The minimum atomic E-state index is -3.12. The van der Waals surface area contributed by atoms with Gasteiger partial charge in [0.05, 0.1) is 25.9 Å². The molecule has 0 spiro atoms. The molecule has 4 heteroatoms. The summed E-state index contributed by atoms with van der Waals surface area (Å²) in [7, 11) is -3.12. The normalized spacial score (nSPS) is 12.4. The van der Waals surface area contributed by atoms with Crippen LogP contribution >= 0.6 is 0 Å². The Bertz CT molecular complexity index is 559. The van der Waals surface area contributed by atoms with Crippen molar-refractivity contribution in [3.05, 3.63) is 0 Å². The van der Waals surface area contributed by atoms with Gasteiger partial charge in [0.25, 0.3) is 10.0 Å². The van der Waals surface area contributed by atoms with Crippen molar-refractivity contribution in [3.63, 3.8) is 0 Å². The Balaban J connectivity index is 4.58. The van der Waals surface area contributed by atoms with Crippen LogP contribution < -0.4 is 0 Å². The Morgan fingerprint density at radius 2 is 0.488 bits per heavy atom. The molecule has 0 N–H and O–H groups in total. The lowest BCUT2D eigenvalue weighted by Gasteiger charge is -2.36. The van der Waals surface area contributed by atoms with Gasteiger partial charge in [0, 0.05) is 0 Å². The van der Waals surface area contributed by atoms with E-state index in [1.807, 2.05) is 0 Å². The second-order valence-corrected chi connectivity index (χ2v) is 15.7. The summed E-state index contributed by atoms with van der Waals surface area (Å²) in [4.78, 5) is 0. The van der Waals surface area contributed by atoms with Gasteiger partial charge in [-0.1, -0.05) is 175 Å². The third-order valence-electron chi connectivity index (χ3n) is 9.46. The summed E-state index contributed by atoms with van der Waals surface area (Å²) in [6, 6.07) is 0. The van der Waals surface area contributed by atoms with E-state index < -0.39 is 10.0 Å². The van der Waals surface area contributed by atoms with Gasteiger partial charge in [0.1, 0.15) is 0 Å². The maximum atomic E-state index is 13.3. The fourth-order valence-electron chi connectivity index (χ4n) is 6.50. The van der Waals surface area contributed by atoms with E-state index >= 15 is 0 Å². The van der Waals surface area contributed by atoms with E-state index in [1.165, 1.54) is 180 Å². The van der Waals surface area contributed by atoms with E-state index in [0.717, 1.165) is 38.9 Å². The van der Waals surface area contributed by atoms with Gasteiger partial charge in [0.2, 0.25) is 0 Å². The first-order chi connectivity index (χ1) is 19.9. The molecule has 0 aliphatic rings. The average molecular weight is 601 g/mol. The van der Waals surface area contributed by atoms with E-state index in [9.17, 15) is 8.42 Å². The van der Waals surface area contributed by atoms with E-state index in [2.05, 4.69) is 20.8 Å². The van der Waals surface area contributed by atoms with Crippen LogP contribution in [-0.4, -0.2) is 38.2 Å². The number of nitrogens with zero attached hydrogens (tertiary/aromatic N) is 1. The number of hydrogen-bond acceptors (Lipinski definition) is 2. The third-order valence-corrected chi connectivity index (χ3v) is 11.4. The molecule has 248 valence electrons. The summed E-state index contributed by atoms with van der Waals surface area (Å²) in [5.74, 6) is 0. The molecule has 0 saturated heterocycles. The van der Waals surface area contributed by atoms with Crippen LogP contribution in [0.15, 0.2) is 0 Å². The molecule has 0 aromatic carbocycles. The van der Waals surface area contributed by atoms with Crippen molar-refractivity contribution in [1.29, 1.82) is 0 Å². The smallest absolute Gasteiger partial charge is 0.219 e. The van der Waals surface area contributed by atoms with Crippen molar-refractivity contribution >= 4 is 10.0 Å². The summed E-state index contributed by atoms with van der Waals surface area (Å²) in [5, 5.41) is 0. The maximum Gasteiger partial charge on any atom is 0.294 e. The van der Waals surface area contributed by atoms with Gasteiger partial charge in [-0.15, -0.1) is 0 Å². The molecule has 0 aliphatic heterocycles. The summed E-state index contributed by atoms with van der Waals surface area (Å²) in [5.41, 5.74) is 0. The number of hydrogen-bond donors (Lipinski definition) is 0. The van der Waals surface area contributed by atoms with Gasteiger partial charge in [0.15, 0.2) is 0 Å².